The smallest absolute Gasteiger partial charge is 0.240 e. The van der Waals surface area contributed by atoms with Gasteiger partial charge < -0.3 is 14.6 Å². The highest BCUT2D eigenvalue weighted by Crippen LogP contribution is 2.32. The Hall–Kier alpha value is -2.16. The largest absolute Gasteiger partial charge is 0.486 e. The van der Waals surface area contributed by atoms with Crippen LogP contribution in [0.2, 0.25) is 0 Å². The van der Waals surface area contributed by atoms with Crippen LogP contribution < -0.4 is 14.2 Å². The predicted molar refractivity (Wildman–Crippen MR) is 88.7 cm³/mol. The molecule has 2 aromatic rings. The molecule has 0 amide bonds. The zero-order valence-corrected chi connectivity index (χ0v) is 14.3. The van der Waals surface area contributed by atoms with Crippen molar-refractivity contribution in [2.24, 2.45) is 0 Å². The summed E-state index contributed by atoms with van der Waals surface area (Å²) in [6.07, 6.45) is -1.06. The van der Waals surface area contributed by atoms with E-state index in [9.17, 15) is 17.9 Å². The Bertz CT molecular complexity index is 885. The first kappa shape index (κ1) is 17.7. The molecule has 1 atom stereocenters. The van der Waals surface area contributed by atoms with Crippen LogP contribution in [-0.2, 0) is 10.0 Å². The quantitative estimate of drug-likeness (QED) is 0.843. The Morgan fingerprint density at radius 1 is 1.16 bits per heavy atom. The van der Waals surface area contributed by atoms with Crippen LogP contribution in [0.1, 0.15) is 17.2 Å². The van der Waals surface area contributed by atoms with Crippen LogP contribution in [0.3, 0.4) is 0 Å². The van der Waals surface area contributed by atoms with Crippen molar-refractivity contribution in [3.63, 3.8) is 0 Å². The number of benzene rings is 2. The van der Waals surface area contributed by atoms with Gasteiger partial charge in [-0.25, -0.2) is 17.5 Å². The molecule has 1 heterocycles. The summed E-state index contributed by atoms with van der Waals surface area (Å²) in [5.74, 6) is 0.625. The molecule has 25 heavy (non-hydrogen) atoms. The number of rotatable bonds is 5. The summed E-state index contributed by atoms with van der Waals surface area (Å²) in [6.45, 7) is 2.14. The van der Waals surface area contributed by atoms with Gasteiger partial charge in [0.25, 0.3) is 0 Å². The second kappa shape index (κ2) is 6.99. The molecule has 0 bridgehead atoms. The van der Waals surface area contributed by atoms with Gasteiger partial charge in [-0.05, 0) is 48.4 Å². The number of hydrogen-bond donors (Lipinski definition) is 2. The summed E-state index contributed by atoms with van der Waals surface area (Å²) in [5, 5.41) is 10.2. The molecule has 3 rings (SSSR count). The van der Waals surface area contributed by atoms with Crippen LogP contribution in [0.5, 0.6) is 11.5 Å². The third-order valence-electron chi connectivity index (χ3n) is 3.86. The number of nitrogens with one attached hydrogen (secondary N) is 1. The van der Waals surface area contributed by atoms with E-state index in [1.54, 1.807) is 18.2 Å². The molecule has 0 radical (unpaired) electrons. The average Bonchev–Trinajstić information content (AvgIpc) is 2.61. The summed E-state index contributed by atoms with van der Waals surface area (Å²) in [6, 6.07) is 8.46. The second-order valence-corrected chi connectivity index (χ2v) is 7.45. The minimum absolute atomic E-state index is 0.0548. The molecule has 2 aromatic carbocycles. The molecule has 1 aliphatic heterocycles. The molecular weight excluding hydrogens is 349 g/mol. The van der Waals surface area contributed by atoms with Crippen LogP contribution in [0.25, 0.3) is 0 Å². The molecule has 6 nitrogen and oxygen atoms in total. The first-order valence-corrected chi connectivity index (χ1v) is 9.18. The summed E-state index contributed by atoms with van der Waals surface area (Å²) < 4.78 is 51.0. The Morgan fingerprint density at radius 3 is 2.60 bits per heavy atom. The maximum absolute atomic E-state index is 13.3. The first-order valence-electron chi connectivity index (χ1n) is 7.70. The molecule has 0 saturated heterocycles. The average molecular weight is 367 g/mol. The maximum Gasteiger partial charge on any atom is 0.240 e. The van der Waals surface area contributed by atoms with Gasteiger partial charge in [-0.3, -0.25) is 0 Å². The van der Waals surface area contributed by atoms with Gasteiger partial charge in [0.15, 0.2) is 11.5 Å². The fraction of sp³-hybridized carbons (Fsp3) is 0.294. The van der Waals surface area contributed by atoms with E-state index in [2.05, 4.69) is 4.72 Å². The molecule has 1 unspecified atom stereocenters. The highest BCUT2D eigenvalue weighted by atomic mass is 32.2. The Labute approximate surface area is 145 Å². The lowest BCUT2D eigenvalue weighted by Gasteiger charge is -2.20. The number of aryl methyl sites for hydroxylation is 1. The van der Waals surface area contributed by atoms with Crippen molar-refractivity contribution in [3.05, 3.63) is 53.3 Å². The van der Waals surface area contributed by atoms with Crippen molar-refractivity contribution in [1.82, 2.24) is 4.72 Å². The third-order valence-corrected chi connectivity index (χ3v) is 5.28. The minimum Gasteiger partial charge on any atom is -0.486 e. The molecule has 2 N–H and O–H groups in total. The van der Waals surface area contributed by atoms with Crippen LogP contribution in [0.4, 0.5) is 4.39 Å². The monoisotopic (exact) mass is 367 g/mol. The van der Waals surface area contributed by atoms with Crippen LogP contribution in [0.15, 0.2) is 41.3 Å². The van der Waals surface area contributed by atoms with E-state index in [1.165, 1.54) is 19.1 Å². The van der Waals surface area contributed by atoms with Crippen LogP contribution in [0, 0.1) is 12.7 Å². The molecule has 134 valence electrons. The third kappa shape index (κ3) is 3.92. The molecule has 1 aliphatic rings. The molecule has 0 saturated carbocycles. The zero-order valence-electron chi connectivity index (χ0n) is 13.5. The number of sulfonamides is 1. The highest BCUT2D eigenvalue weighted by Gasteiger charge is 2.19. The topological polar surface area (TPSA) is 84.9 Å². The number of fused-ring (bicyclic) bond motifs is 1. The Balaban J connectivity index is 1.70. The van der Waals surface area contributed by atoms with Gasteiger partial charge in [-0.2, -0.15) is 0 Å². The standard InChI is InChI=1S/C17H18FNO5S/c1-11-8-13(3-4-14(11)18)25(21,22)19-10-15(20)12-2-5-16-17(9-12)24-7-6-23-16/h2-5,8-9,15,19-20H,6-7,10H2,1H3. The van der Waals surface area contributed by atoms with Gasteiger partial charge in [0.2, 0.25) is 10.0 Å². The van der Waals surface area contributed by atoms with Crippen molar-refractivity contribution in [2.45, 2.75) is 17.9 Å². The number of ether oxygens (including phenoxy) is 2. The lowest BCUT2D eigenvalue weighted by molar-refractivity contribution is 0.165. The van der Waals surface area contributed by atoms with Gasteiger partial charge in [0.1, 0.15) is 19.0 Å². The lowest BCUT2D eigenvalue weighted by atomic mass is 10.1. The van der Waals surface area contributed by atoms with Gasteiger partial charge >= 0.3 is 0 Å². The second-order valence-electron chi connectivity index (χ2n) is 5.68. The van der Waals surface area contributed by atoms with Crippen molar-refractivity contribution in [3.8, 4) is 11.5 Å². The normalized spacial score (nSPS) is 15.0. The number of aliphatic hydroxyl groups is 1. The van der Waals surface area contributed by atoms with E-state index in [0.717, 1.165) is 6.07 Å². The van der Waals surface area contributed by atoms with Crippen LogP contribution in [-0.4, -0.2) is 33.3 Å². The van der Waals surface area contributed by atoms with Crippen LogP contribution >= 0.6 is 0 Å². The van der Waals surface area contributed by atoms with E-state index in [4.69, 9.17) is 9.47 Å². The SMILES string of the molecule is Cc1cc(S(=O)(=O)NCC(O)c2ccc3c(c2)OCCO3)ccc1F. The van der Waals surface area contributed by atoms with E-state index < -0.39 is 21.9 Å². The predicted octanol–water partition coefficient (Wildman–Crippen LogP) is 1.92. The van der Waals surface area contributed by atoms with Gasteiger partial charge in [-0.1, -0.05) is 6.07 Å². The van der Waals surface area contributed by atoms with Crippen molar-refractivity contribution in [1.29, 1.82) is 0 Å². The van der Waals surface area contributed by atoms with Gasteiger partial charge in [0.05, 0.1) is 11.0 Å². The summed E-state index contributed by atoms with van der Waals surface area (Å²) in [4.78, 5) is -0.0548. The Kier molecular flexibility index (Phi) is 4.94. The molecule has 8 heteroatoms. The summed E-state index contributed by atoms with van der Waals surface area (Å²) in [7, 11) is -3.85. The molecule has 0 aromatic heterocycles. The van der Waals surface area contributed by atoms with E-state index in [-0.39, 0.29) is 17.0 Å². The van der Waals surface area contributed by atoms with Gasteiger partial charge in [0, 0.05) is 6.54 Å². The number of aliphatic hydroxyl groups excluding tert-OH is 1. The highest BCUT2D eigenvalue weighted by molar-refractivity contribution is 7.89. The molecular formula is C17H18FNO5S. The van der Waals surface area contributed by atoms with Crippen molar-refractivity contribution in [2.75, 3.05) is 19.8 Å². The molecule has 0 aliphatic carbocycles. The fourth-order valence-corrected chi connectivity index (χ4v) is 3.56. The van der Waals surface area contributed by atoms with Crippen molar-refractivity contribution >= 4 is 10.0 Å². The van der Waals surface area contributed by atoms with Crippen molar-refractivity contribution < 1.29 is 27.4 Å². The Morgan fingerprint density at radius 2 is 1.88 bits per heavy atom. The summed E-state index contributed by atoms with van der Waals surface area (Å²) in [5.41, 5.74) is 0.734. The van der Waals surface area contributed by atoms with E-state index >= 15 is 0 Å². The molecule has 0 spiro atoms. The minimum atomic E-state index is -3.85. The maximum atomic E-state index is 13.3. The zero-order chi connectivity index (χ0) is 18.0. The van der Waals surface area contributed by atoms with Gasteiger partial charge in [-0.15, -0.1) is 0 Å². The fourth-order valence-electron chi connectivity index (χ4n) is 2.44. The lowest BCUT2D eigenvalue weighted by Crippen LogP contribution is -2.28. The van der Waals surface area contributed by atoms with E-state index in [0.29, 0.717) is 30.3 Å². The molecule has 0 fully saturated rings. The van der Waals surface area contributed by atoms with E-state index in [1.807, 2.05) is 0 Å². The number of halogens is 1. The first-order chi connectivity index (χ1) is 11.9. The number of hydrogen-bond acceptors (Lipinski definition) is 5. The summed E-state index contributed by atoms with van der Waals surface area (Å²) >= 11 is 0.